The molecule has 0 saturated heterocycles. The lowest BCUT2D eigenvalue weighted by Gasteiger charge is -2.07. The topological polar surface area (TPSA) is 90.3 Å². The predicted molar refractivity (Wildman–Crippen MR) is 103 cm³/mol. The van der Waals surface area contributed by atoms with E-state index in [1.54, 1.807) is 16.7 Å². The molecule has 0 bridgehead atoms. The Morgan fingerprint density at radius 3 is 2.62 bits per heavy atom. The zero-order chi connectivity index (χ0) is 18.3. The number of benzene rings is 2. The largest absolute Gasteiger partial charge is 0.382 e. The summed E-state index contributed by atoms with van der Waals surface area (Å²) in [4.78, 5) is 0. The Morgan fingerprint density at radius 1 is 1.12 bits per heavy atom. The van der Waals surface area contributed by atoms with Crippen molar-refractivity contribution in [2.75, 3.05) is 5.73 Å². The van der Waals surface area contributed by atoms with E-state index in [1.807, 2.05) is 43.3 Å². The van der Waals surface area contributed by atoms with Gasteiger partial charge in [-0.25, -0.2) is 0 Å². The maximum absolute atomic E-state index is 6.30. The molecule has 0 amide bonds. The highest BCUT2D eigenvalue weighted by atomic mass is 35.5. The van der Waals surface area contributed by atoms with Gasteiger partial charge in [-0.1, -0.05) is 28.9 Å². The third kappa shape index (κ3) is 2.79. The molecule has 0 spiro atoms. The molecule has 26 heavy (non-hydrogen) atoms. The molecule has 0 aliphatic rings. The van der Waals surface area contributed by atoms with Gasteiger partial charge < -0.3 is 5.73 Å². The molecule has 0 unspecified atom stereocenters. The van der Waals surface area contributed by atoms with Gasteiger partial charge in [-0.15, -0.1) is 5.10 Å². The lowest BCUT2D eigenvalue weighted by Crippen LogP contribution is -2.04. The van der Waals surface area contributed by atoms with E-state index in [1.165, 1.54) is 4.68 Å². The number of anilines is 1. The summed E-state index contributed by atoms with van der Waals surface area (Å²) in [5.41, 5.74) is 9.47. The summed E-state index contributed by atoms with van der Waals surface area (Å²) < 4.78 is 3.77. The van der Waals surface area contributed by atoms with Crippen LogP contribution in [0.1, 0.15) is 5.56 Å². The van der Waals surface area contributed by atoms with Gasteiger partial charge in [0.2, 0.25) is 0 Å². The average molecular weight is 384 g/mol. The third-order valence-electron chi connectivity index (χ3n) is 3.92. The number of rotatable bonds is 3. The second kappa shape index (κ2) is 6.40. The quantitative estimate of drug-likeness (QED) is 0.526. The molecule has 0 aliphatic carbocycles. The van der Waals surface area contributed by atoms with Crippen molar-refractivity contribution in [2.24, 2.45) is 0 Å². The molecule has 130 valence electrons. The number of nitrogens with two attached hydrogens (primary N) is 1. The van der Waals surface area contributed by atoms with Crippen molar-refractivity contribution < 1.29 is 0 Å². The second-order valence-corrected chi connectivity index (χ2v) is 6.56. The number of hydrogen-bond acceptors (Lipinski definition) is 5. The van der Waals surface area contributed by atoms with Crippen molar-refractivity contribution >= 4 is 29.6 Å². The van der Waals surface area contributed by atoms with Crippen molar-refractivity contribution in [1.29, 1.82) is 0 Å². The highest BCUT2D eigenvalue weighted by Gasteiger charge is 2.20. The van der Waals surface area contributed by atoms with Crippen LogP contribution in [-0.2, 0) is 0 Å². The number of halogens is 1. The number of nitrogens with one attached hydrogen (secondary N) is 1. The first-order valence-corrected chi connectivity index (χ1v) is 8.55. The number of aryl methyl sites for hydroxylation is 1. The summed E-state index contributed by atoms with van der Waals surface area (Å²) in [6.07, 6.45) is 0. The van der Waals surface area contributed by atoms with Crippen LogP contribution < -0.4 is 5.73 Å². The fraction of sp³-hybridized carbons (Fsp3) is 0.0588. The van der Waals surface area contributed by atoms with Gasteiger partial charge in [0.1, 0.15) is 0 Å². The molecule has 0 saturated carbocycles. The van der Waals surface area contributed by atoms with Crippen LogP contribution in [-0.4, -0.2) is 29.8 Å². The van der Waals surface area contributed by atoms with Gasteiger partial charge in [-0.3, -0.25) is 9.67 Å². The molecule has 2 aromatic carbocycles. The van der Waals surface area contributed by atoms with Gasteiger partial charge in [0.05, 0.1) is 11.4 Å². The van der Waals surface area contributed by atoms with Crippen LogP contribution in [0.5, 0.6) is 0 Å². The van der Waals surface area contributed by atoms with Crippen molar-refractivity contribution in [1.82, 2.24) is 29.8 Å². The Hall–Kier alpha value is -2.97. The Labute approximate surface area is 159 Å². The van der Waals surface area contributed by atoms with Crippen LogP contribution in [0, 0.1) is 11.7 Å². The van der Waals surface area contributed by atoms with E-state index in [2.05, 4.69) is 20.5 Å². The molecule has 2 aromatic heterocycles. The number of hydrogen-bond donors (Lipinski definition) is 2. The molecule has 4 aromatic rings. The molecule has 0 aliphatic heterocycles. The number of H-pyrrole nitrogens is 1. The summed E-state index contributed by atoms with van der Waals surface area (Å²) in [5, 5.41) is 16.1. The van der Waals surface area contributed by atoms with Crippen LogP contribution in [0.25, 0.3) is 22.9 Å². The molecule has 7 nitrogen and oxygen atoms in total. The highest BCUT2D eigenvalue weighted by molar-refractivity contribution is 7.71. The first-order valence-electron chi connectivity index (χ1n) is 7.76. The molecular weight excluding hydrogens is 370 g/mol. The lowest BCUT2D eigenvalue weighted by molar-refractivity contribution is 0.809. The minimum absolute atomic E-state index is 0.357. The number of aromatic nitrogens is 6. The Morgan fingerprint density at radius 2 is 1.88 bits per heavy atom. The van der Waals surface area contributed by atoms with Gasteiger partial charge in [0, 0.05) is 5.02 Å². The van der Waals surface area contributed by atoms with Crippen LogP contribution in [0.2, 0.25) is 5.02 Å². The minimum Gasteiger partial charge on any atom is -0.382 e. The smallest absolute Gasteiger partial charge is 0.200 e. The standard InChI is InChI=1S/C17H14ClN7S/c1-10-3-2-4-13(9-10)24-16(21-22-17(24)26)14-15(19)25(23-20-14)12-7-5-11(18)6-8-12/h2-9H,19H2,1H3,(H,22,26). The van der Waals surface area contributed by atoms with E-state index in [9.17, 15) is 0 Å². The summed E-state index contributed by atoms with van der Waals surface area (Å²) in [7, 11) is 0. The molecule has 3 N–H and O–H groups in total. The van der Waals surface area contributed by atoms with E-state index < -0.39 is 0 Å². The maximum Gasteiger partial charge on any atom is 0.200 e. The molecule has 9 heteroatoms. The van der Waals surface area contributed by atoms with E-state index in [4.69, 9.17) is 29.6 Å². The summed E-state index contributed by atoms with van der Waals surface area (Å²) >= 11 is 11.3. The Bertz CT molecular complexity index is 1140. The molecule has 0 atom stereocenters. The number of aromatic amines is 1. The fourth-order valence-electron chi connectivity index (χ4n) is 2.68. The zero-order valence-electron chi connectivity index (χ0n) is 13.7. The second-order valence-electron chi connectivity index (χ2n) is 5.74. The van der Waals surface area contributed by atoms with Crippen molar-refractivity contribution in [3.8, 4) is 22.9 Å². The normalized spacial score (nSPS) is 11.0. The third-order valence-corrected chi connectivity index (χ3v) is 4.45. The molecule has 2 heterocycles. The SMILES string of the molecule is Cc1cccc(-n2c(-c3nnn(-c4ccc(Cl)cc4)c3N)n[nH]c2=S)c1. The molecule has 4 rings (SSSR count). The van der Waals surface area contributed by atoms with E-state index in [0.29, 0.717) is 27.1 Å². The Kier molecular flexibility index (Phi) is 4.06. The molecule has 0 radical (unpaired) electrons. The maximum atomic E-state index is 6.30. The number of nitrogen functional groups attached to an aromatic ring is 1. The van der Waals surface area contributed by atoms with Gasteiger partial charge in [-0.2, -0.15) is 9.78 Å². The zero-order valence-corrected chi connectivity index (χ0v) is 15.3. The van der Waals surface area contributed by atoms with Crippen LogP contribution in [0.3, 0.4) is 0 Å². The van der Waals surface area contributed by atoms with Crippen LogP contribution in [0.4, 0.5) is 5.82 Å². The van der Waals surface area contributed by atoms with Crippen LogP contribution >= 0.6 is 23.8 Å². The van der Waals surface area contributed by atoms with Crippen molar-refractivity contribution in [2.45, 2.75) is 6.92 Å². The van der Waals surface area contributed by atoms with Gasteiger partial charge in [0.15, 0.2) is 22.1 Å². The average Bonchev–Trinajstić information content (AvgIpc) is 3.18. The van der Waals surface area contributed by atoms with Crippen molar-refractivity contribution in [3.05, 3.63) is 63.9 Å². The summed E-state index contributed by atoms with van der Waals surface area (Å²) in [6, 6.07) is 15.1. The molecular formula is C17H14ClN7S. The summed E-state index contributed by atoms with van der Waals surface area (Å²) in [6.45, 7) is 2.01. The Balaban J connectivity index is 1.86. The number of nitrogens with zero attached hydrogens (tertiary/aromatic N) is 5. The van der Waals surface area contributed by atoms with Gasteiger partial charge in [-0.05, 0) is 61.1 Å². The lowest BCUT2D eigenvalue weighted by atomic mass is 10.2. The van der Waals surface area contributed by atoms with E-state index in [0.717, 1.165) is 16.9 Å². The monoisotopic (exact) mass is 383 g/mol. The van der Waals surface area contributed by atoms with E-state index in [-0.39, 0.29) is 0 Å². The van der Waals surface area contributed by atoms with Crippen molar-refractivity contribution in [3.63, 3.8) is 0 Å². The predicted octanol–water partition coefficient (Wildman–Crippen LogP) is 3.72. The van der Waals surface area contributed by atoms with Crippen LogP contribution in [0.15, 0.2) is 48.5 Å². The first kappa shape index (κ1) is 16.5. The van der Waals surface area contributed by atoms with E-state index >= 15 is 0 Å². The highest BCUT2D eigenvalue weighted by Crippen LogP contribution is 2.27. The fourth-order valence-corrected chi connectivity index (χ4v) is 3.05. The minimum atomic E-state index is 0.357. The molecule has 0 fully saturated rings. The summed E-state index contributed by atoms with van der Waals surface area (Å²) in [5.74, 6) is 0.855. The van der Waals surface area contributed by atoms with Gasteiger partial charge >= 0.3 is 0 Å². The van der Waals surface area contributed by atoms with Gasteiger partial charge in [0.25, 0.3) is 0 Å². The first-order chi connectivity index (χ1) is 12.5.